The number of carbonyl (C=O) groups is 1. The normalized spacial score (nSPS) is 11.2. The minimum atomic E-state index is -0.983. The number of carboxylic acids is 1. The Balaban J connectivity index is 2.66. The molecule has 1 rings (SSSR count). The molecule has 0 saturated carbocycles. The zero-order valence-corrected chi connectivity index (χ0v) is 12.7. The highest BCUT2D eigenvalue weighted by atomic mass is 16.5. The summed E-state index contributed by atoms with van der Waals surface area (Å²) in [4.78, 5) is 10.6. The van der Waals surface area contributed by atoms with Gasteiger partial charge < -0.3 is 19.3 Å². The first-order valence-corrected chi connectivity index (χ1v) is 6.80. The predicted molar refractivity (Wildman–Crippen MR) is 80.4 cm³/mol. The molecule has 0 unspecified atom stereocenters. The van der Waals surface area contributed by atoms with Gasteiger partial charge in [0.2, 0.25) is 0 Å². The van der Waals surface area contributed by atoms with Crippen molar-refractivity contribution in [2.75, 3.05) is 20.3 Å². The van der Waals surface area contributed by atoms with Crippen LogP contribution in [0.4, 0.5) is 0 Å². The Bertz CT molecular complexity index is 480. The largest absolute Gasteiger partial charge is 0.497 e. The summed E-state index contributed by atoms with van der Waals surface area (Å²) >= 11 is 0. The summed E-state index contributed by atoms with van der Waals surface area (Å²) in [5.41, 5.74) is 1.67. The number of ether oxygens (including phenoxy) is 3. The molecule has 1 aromatic carbocycles. The van der Waals surface area contributed by atoms with E-state index in [0.717, 1.165) is 17.2 Å². The van der Waals surface area contributed by atoms with Gasteiger partial charge in [-0.25, -0.2) is 4.79 Å². The van der Waals surface area contributed by atoms with E-state index in [-0.39, 0.29) is 6.10 Å². The van der Waals surface area contributed by atoms with Gasteiger partial charge in [0, 0.05) is 6.08 Å². The minimum Gasteiger partial charge on any atom is -0.497 e. The summed E-state index contributed by atoms with van der Waals surface area (Å²) < 4.78 is 16.1. The van der Waals surface area contributed by atoms with Gasteiger partial charge in [0.1, 0.15) is 5.75 Å². The van der Waals surface area contributed by atoms with Crippen molar-refractivity contribution in [3.8, 4) is 5.75 Å². The molecule has 1 N–H and O–H groups in total. The van der Waals surface area contributed by atoms with Gasteiger partial charge in [-0.3, -0.25) is 0 Å². The topological polar surface area (TPSA) is 65.0 Å². The van der Waals surface area contributed by atoms with Crippen LogP contribution in [0.15, 0.2) is 24.3 Å². The molecular formula is C16H22O5. The molecule has 0 amide bonds. The average molecular weight is 294 g/mol. The standard InChI is InChI=1S/C16H22O5/c1-12(2)21-9-8-20-11-14-10-15(19-3)6-4-13(14)5-7-16(17)18/h4-7,10,12H,8-9,11H2,1-3H3,(H,17,18). The van der Waals surface area contributed by atoms with Crippen LogP contribution in [0, 0.1) is 0 Å². The van der Waals surface area contributed by atoms with Crippen molar-refractivity contribution in [2.24, 2.45) is 0 Å². The van der Waals surface area contributed by atoms with Crippen LogP contribution < -0.4 is 4.74 Å². The Labute approximate surface area is 125 Å². The maximum absolute atomic E-state index is 10.6. The molecule has 1 aromatic rings. The van der Waals surface area contributed by atoms with Crippen LogP contribution in [0.2, 0.25) is 0 Å². The average Bonchev–Trinajstić information content (AvgIpc) is 2.44. The Hall–Kier alpha value is -1.85. The van der Waals surface area contributed by atoms with Crippen LogP contribution in [0.5, 0.6) is 5.75 Å². The fourth-order valence-electron chi connectivity index (χ4n) is 1.68. The van der Waals surface area contributed by atoms with Crippen molar-refractivity contribution in [3.63, 3.8) is 0 Å². The molecule has 0 aliphatic heterocycles. The van der Waals surface area contributed by atoms with E-state index in [1.165, 1.54) is 0 Å². The van der Waals surface area contributed by atoms with E-state index in [0.29, 0.717) is 25.6 Å². The molecule has 0 aliphatic rings. The molecule has 0 aliphatic carbocycles. The van der Waals surface area contributed by atoms with E-state index in [4.69, 9.17) is 19.3 Å². The zero-order valence-electron chi connectivity index (χ0n) is 12.7. The second-order valence-corrected chi connectivity index (χ2v) is 4.71. The Morgan fingerprint density at radius 1 is 1.33 bits per heavy atom. The number of aliphatic carboxylic acids is 1. The first kappa shape index (κ1) is 17.2. The lowest BCUT2D eigenvalue weighted by molar-refractivity contribution is -0.131. The van der Waals surface area contributed by atoms with Crippen molar-refractivity contribution < 1.29 is 24.1 Å². The second-order valence-electron chi connectivity index (χ2n) is 4.71. The molecule has 0 aromatic heterocycles. The first-order valence-electron chi connectivity index (χ1n) is 6.80. The molecule has 5 heteroatoms. The molecule has 0 heterocycles. The van der Waals surface area contributed by atoms with Crippen molar-refractivity contribution in [1.82, 2.24) is 0 Å². The molecule has 0 spiro atoms. The zero-order chi connectivity index (χ0) is 15.7. The Morgan fingerprint density at radius 2 is 2.10 bits per heavy atom. The van der Waals surface area contributed by atoms with Gasteiger partial charge in [0.05, 0.1) is 33.0 Å². The number of benzene rings is 1. The number of carboxylic acid groups (broad SMARTS) is 1. The fraction of sp³-hybridized carbons (Fsp3) is 0.438. The third-order valence-electron chi connectivity index (χ3n) is 2.69. The van der Waals surface area contributed by atoms with Crippen LogP contribution in [-0.2, 0) is 20.9 Å². The highest BCUT2D eigenvalue weighted by Gasteiger charge is 2.04. The molecule has 5 nitrogen and oxygen atoms in total. The minimum absolute atomic E-state index is 0.180. The van der Waals surface area contributed by atoms with Crippen LogP contribution >= 0.6 is 0 Å². The van der Waals surface area contributed by atoms with Gasteiger partial charge in [-0.05, 0) is 43.2 Å². The van der Waals surface area contributed by atoms with Gasteiger partial charge in [0.25, 0.3) is 0 Å². The summed E-state index contributed by atoms with van der Waals surface area (Å²) in [6, 6.07) is 5.43. The van der Waals surface area contributed by atoms with Crippen LogP contribution in [0.25, 0.3) is 6.08 Å². The lowest BCUT2D eigenvalue weighted by atomic mass is 10.1. The summed E-state index contributed by atoms with van der Waals surface area (Å²) in [7, 11) is 1.59. The van der Waals surface area contributed by atoms with E-state index in [2.05, 4.69) is 0 Å². The number of hydrogen-bond donors (Lipinski definition) is 1. The quantitative estimate of drug-likeness (QED) is 0.560. The summed E-state index contributed by atoms with van der Waals surface area (Å²) in [5.74, 6) is -0.275. The molecule has 116 valence electrons. The highest BCUT2D eigenvalue weighted by molar-refractivity contribution is 5.85. The third kappa shape index (κ3) is 6.92. The molecule has 0 fully saturated rings. The van der Waals surface area contributed by atoms with Crippen molar-refractivity contribution in [1.29, 1.82) is 0 Å². The number of rotatable bonds is 9. The molecule has 21 heavy (non-hydrogen) atoms. The summed E-state index contributed by atoms with van der Waals surface area (Å²) in [5, 5.41) is 8.71. The Morgan fingerprint density at radius 3 is 2.71 bits per heavy atom. The van der Waals surface area contributed by atoms with E-state index in [1.807, 2.05) is 26.0 Å². The van der Waals surface area contributed by atoms with Gasteiger partial charge in [-0.2, -0.15) is 0 Å². The van der Waals surface area contributed by atoms with E-state index in [1.54, 1.807) is 19.3 Å². The summed E-state index contributed by atoms with van der Waals surface area (Å²) in [6.45, 7) is 5.32. The number of methoxy groups -OCH3 is 1. The first-order chi connectivity index (χ1) is 10.0. The maximum atomic E-state index is 10.6. The van der Waals surface area contributed by atoms with Crippen LogP contribution in [0.1, 0.15) is 25.0 Å². The van der Waals surface area contributed by atoms with Crippen molar-refractivity contribution in [3.05, 3.63) is 35.4 Å². The van der Waals surface area contributed by atoms with Crippen molar-refractivity contribution >= 4 is 12.0 Å². The SMILES string of the molecule is COc1ccc(C=CC(=O)O)c(COCCOC(C)C)c1. The molecular weight excluding hydrogens is 272 g/mol. The highest BCUT2D eigenvalue weighted by Crippen LogP contribution is 2.20. The van der Waals surface area contributed by atoms with Crippen LogP contribution in [-0.4, -0.2) is 37.5 Å². The van der Waals surface area contributed by atoms with Gasteiger partial charge in [-0.15, -0.1) is 0 Å². The fourth-order valence-corrected chi connectivity index (χ4v) is 1.68. The smallest absolute Gasteiger partial charge is 0.328 e. The third-order valence-corrected chi connectivity index (χ3v) is 2.69. The summed E-state index contributed by atoms with van der Waals surface area (Å²) in [6.07, 6.45) is 2.83. The van der Waals surface area contributed by atoms with E-state index >= 15 is 0 Å². The van der Waals surface area contributed by atoms with Gasteiger partial charge >= 0.3 is 5.97 Å². The molecule has 0 atom stereocenters. The Kier molecular flexibility index (Phi) is 7.50. The van der Waals surface area contributed by atoms with E-state index < -0.39 is 5.97 Å². The van der Waals surface area contributed by atoms with Crippen LogP contribution in [0.3, 0.4) is 0 Å². The van der Waals surface area contributed by atoms with Crippen molar-refractivity contribution in [2.45, 2.75) is 26.6 Å². The molecule has 0 saturated heterocycles. The maximum Gasteiger partial charge on any atom is 0.328 e. The van der Waals surface area contributed by atoms with E-state index in [9.17, 15) is 4.79 Å². The monoisotopic (exact) mass is 294 g/mol. The number of hydrogen-bond acceptors (Lipinski definition) is 4. The predicted octanol–water partition coefficient (Wildman–Crippen LogP) is 2.73. The second kappa shape index (κ2) is 9.15. The lowest BCUT2D eigenvalue weighted by Gasteiger charge is -2.11. The van der Waals surface area contributed by atoms with Gasteiger partial charge in [-0.1, -0.05) is 6.07 Å². The molecule has 0 bridgehead atoms. The lowest BCUT2D eigenvalue weighted by Crippen LogP contribution is -2.09. The molecule has 0 radical (unpaired) electrons. The van der Waals surface area contributed by atoms with Gasteiger partial charge in [0.15, 0.2) is 0 Å².